The minimum atomic E-state index is -0.481. The normalized spacial score (nSPS) is 10.2. The average Bonchev–Trinajstić information content (AvgIpc) is 2.75. The molecule has 2 amide bonds. The van der Waals surface area contributed by atoms with Crippen molar-refractivity contribution in [3.05, 3.63) is 82.5 Å². The lowest BCUT2D eigenvalue weighted by molar-refractivity contribution is 0.102. The minimum absolute atomic E-state index is 0.0959. The molecule has 30 heavy (non-hydrogen) atoms. The van der Waals surface area contributed by atoms with E-state index in [0.717, 1.165) is 0 Å². The van der Waals surface area contributed by atoms with Crippen LogP contribution in [0.4, 0.5) is 11.5 Å². The van der Waals surface area contributed by atoms with E-state index in [9.17, 15) is 9.59 Å². The van der Waals surface area contributed by atoms with Gasteiger partial charge >= 0.3 is 0 Å². The number of methoxy groups -OCH3 is 1. The third kappa shape index (κ3) is 4.73. The van der Waals surface area contributed by atoms with Crippen LogP contribution in [0.15, 0.2) is 60.8 Å². The van der Waals surface area contributed by atoms with Gasteiger partial charge in [0.25, 0.3) is 11.8 Å². The molecule has 0 bridgehead atoms. The van der Waals surface area contributed by atoms with E-state index < -0.39 is 11.8 Å². The van der Waals surface area contributed by atoms with Crippen molar-refractivity contribution in [2.45, 2.75) is 0 Å². The van der Waals surface area contributed by atoms with Gasteiger partial charge in [-0.3, -0.25) is 15.0 Å². The number of hydrogen-bond donors (Lipinski definition) is 4. The van der Waals surface area contributed by atoms with Crippen molar-refractivity contribution in [3.63, 3.8) is 0 Å². The summed E-state index contributed by atoms with van der Waals surface area (Å²) in [6, 6.07) is 14.2. The molecule has 0 saturated carbocycles. The molecule has 0 radical (unpaired) electrons. The molecule has 0 aliphatic heterocycles. The number of nitrogens with two attached hydrogens (primary N) is 1. The van der Waals surface area contributed by atoms with Crippen LogP contribution in [0.25, 0.3) is 0 Å². The van der Waals surface area contributed by atoms with Crippen LogP contribution in [0.3, 0.4) is 0 Å². The SMILES string of the molecule is COc1cccc(C(=O)Nc2ccc(Cl)cn2)c1NC(=O)c1ccc(C(=N)N)cc1. The van der Waals surface area contributed by atoms with Crippen LogP contribution in [-0.4, -0.2) is 29.7 Å². The number of carbonyl (C=O) groups is 2. The monoisotopic (exact) mass is 423 g/mol. The van der Waals surface area contributed by atoms with E-state index in [2.05, 4.69) is 15.6 Å². The van der Waals surface area contributed by atoms with Gasteiger partial charge in [-0.2, -0.15) is 0 Å². The fourth-order valence-electron chi connectivity index (χ4n) is 2.64. The van der Waals surface area contributed by atoms with Crippen LogP contribution in [0.1, 0.15) is 26.3 Å². The Kier molecular flexibility index (Phi) is 6.29. The highest BCUT2D eigenvalue weighted by Crippen LogP contribution is 2.29. The Balaban J connectivity index is 1.87. The second-order valence-electron chi connectivity index (χ2n) is 6.14. The summed E-state index contributed by atoms with van der Waals surface area (Å²) in [5, 5.41) is 13.2. The number of amidine groups is 1. The van der Waals surface area contributed by atoms with Gasteiger partial charge in [-0.05, 0) is 36.4 Å². The summed E-state index contributed by atoms with van der Waals surface area (Å²) in [7, 11) is 1.44. The zero-order valence-electron chi connectivity index (χ0n) is 15.9. The Labute approximate surface area is 177 Å². The highest BCUT2D eigenvalue weighted by molar-refractivity contribution is 6.30. The number of nitrogen functional groups attached to an aromatic ring is 1. The third-order valence-electron chi connectivity index (χ3n) is 4.16. The van der Waals surface area contributed by atoms with Crippen molar-refractivity contribution in [2.24, 2.45) is 5.73 Å². The maximum absolute atomic E-state index is 12.8. The number of para-hydroxylation sites is 1. The van der Waals surface area contributed by atoms with Gasteiger partial charge in [0, 0.05) is 17.3 Å². The maximum Gasteiger partial charge on any atom is 0.259 e. The van der Waals surface area contributed by atoms with Gasteiger partial charge in [-0.15, -0.1) is 0 Å². The molecule has 152 valence electrons. The fourth-order valence-corrected chi connectivity index (χ4v) is 2.75. The average molecular weight is 424 g/mol. The molecular formula is C21H18ClN5O3. The van der Waals surface area contributed by atoms with E-state index in [0.29, 0.717) is 27.7 Å². The molecule has 0 fully saturated rings. The number of aromatic nitrogens is 1. The van der Waals surface area contributed by atoms with Gasteiger partial charge in [0.2, 0.25) is 0 Å². The molecule has 3 rings (SSSR count). The van der Waals surface area contributed by atoms with Crippen molar-refractivity contribution in [1.29, 1.82) is 5.41 Å². The van der Waals surface area contributed by atoms with Crippen LogP contribution < -0.4 is 21.1 Å². The Morgan fingerprint density at radius 2 is 1.70 bits per heavy atom. The molecule has 0 atom stereocenters. The predicted molar refractivity (Wildman–Crippen MR) is 116 cm³/mol. The predicted octanol–water partition coefficient (Wildman–Crippen LogP) is 3.53. The van der Waals surface area contributed by atoms with Crippen molar-refractivity contribution < 1.29 is 14.3 Å². The van der Waals surface area contributed by atoms with Crippen LogP contribution in [0.2, 0.25) is 5.02 Å². The molecule has 5 N–H and O–H groups in total. The lowest BCUT2D eigenvalue weighted by atomic mass is 10.1. The molecule has 1 aromatic heterocycles. The topological polar surface area (TPSA) is 130 Å². The van der Waals surface area contributed by atoms with Gasteiger partial charge < -0.3 is 21.1 Å². The third-order valence-corrected chi connectivity index (χ3v) is 4.38. The summed E-state index contributed by atoms with van der Waals surface area (Å²) in [6.45, 7) is 0. The number of nitrogens with zero attached hydrogens (tertiary/aromatic N) is 1. The molecule has 3 aromatic rings. The van der Waals surface area contributed by atoms with Crippen molar-refractivity contribution in [3.8, 4) is 5.75 Å². The number of benzene rings is 2. The summed E-state index contributed by atoms with van der Waals surface area (Å²) < 4.78 is 5.32. The smallest absolute Gasteiger partial charge is 0.259 e. The lowest BCUT2D eigenvalue weighted by Gasteiger charge is -2.15. The summed E-state index contributed by atoms with van der Waals surface area (Å²) >= 11 is 5.81. The molecule has 0 aliphatic rings. The molecule has 0 saturated heterocycles. The molecule has 0 spiro atoms. The number of rotatable bonds is 6. The number of pyridine rings is 1. The first kappa shape index (κ1) is 20.8. The van der Waals surface area contributed by atoms with Gasteiger partial charge in [0.1, 0.15) is 17.4 Å². The first-order chi connectivity index (χ1) is 14.4. The highest BCUT2D eigenvalue weighted by Gasteiger charge is 2.19. The van der Waals surface area contributed by atoms with E-state index in [4.69, 9.17) is 27.5 Å². The van der Waals surface area contributed by atoms with Crippen molar-refractivity contribution >= 4 is 40.8 Å². The highest BCUT2D eigenvalue weighted by atomic mass is 35.5. The lowest BCUT2D eigenvalue weighted by Crippen LogP contribution is -2.19. The summed E-state index contributed by atoms with van der Waals surface area (Å²) in [5.74, 6) is -0.398. The number of ether oxygens (including phenoxy) is 1. The van der Waals surface area contributed by atoms with E-state index in [1.54, 1.807) is 54.6 Å². The van der Waals surface area contributed by atoms with Gasteiger partial charge in [0.15, 0.2) is 0 Å². The van der Waals surface area contributed by atoms with E-state index >= 15 is 0 Å². The minimum Gasteiger partial charge on any atom is -0.495 e. The van der Waals surface area contributed by atoms with E-state index in [1.165, 1.54) is 13.3 Å². The summed E-state index contributed by atoms with van der Waals surface area (Å²) in [4.78, 5) is 29.6. The molecule has 0 unspecified atom stereocenters. The van der Waals surface area contributed by atoms with Crippen molar-refractivity contribution in [1.82, 2.24) is 4.98 Å². The van der Waals surface area contributed by atoms with Crippen molar-refractivity contribution in [2.75, 3.05) is 17.7 Å². The Hall–Kier alpha value is -3.91. The molecule has 8 nitrogen and oxygen atoms in total. The number of carbonyl (C=O) groups excluding carboxylic acids is 2. The molecule has 2 aromatic carbocycles. The maximum atomic E-state index is 12.8. The Morgan fingerprint density at radius 3 is 2.30 bits per heavy atom. The molecule has 0 aliphatic carbocycles. The first-order valence-electron chi connectivity index (χ1n) is 8.74. The first-order valence-corrected chi connectivity index (χ1v) is 9.12. The van der Waals surface area contributed by atoms with Gasteiger partial charge in [0.05, 0.1) is 23.4 Å². The molecular weight excluding hydrogens is 406 g/mol. The number of anilines is 2. The van der Waals surface area contributed by atoms with Crippen LogP contribution in [0.5, 0.6) is 5.75 Å². The van der Waals surface area contributed by atoms with Crippen LogP contribution >= 0.6 is 11.6 Å². The number of hydrogen-bond acceptors (Lipinski definition) is 5. The van der Waals surface area contributed by atoms with E-state index in [1.807, 2.05) is 0 Å². The number of amides is 2. The standard InChI is InChI=1S/C21H18ClN5O3/c1-30-16-4-2-3-15(21(29)26-17-10-9-14(22)11-25-17)18(16)27-20(28)13-7-5-12(6-8-13)19(23)24/h2-11H,1H3,(H3,23,24)(H,27,28)(H,25,26,29). The second-order valence-corrected chi connectivity index (χ2v) is 6.58. The fraction of sp³-hybridized carbons (Fsp3) is 0.0476. The largest absolute Gasteiger partial charge is 0.495 e. The number of halogens is 1. The van der Waals surface area contributed by atoms with Gasteiger partial charge in [-0.1, -0.05) is 29.8 Å². The second kappa shape index (κ2) is 9.06. The zero-order valence-corrected chi connectivity index (χ0v) is 16.7. The number of nitrogens with one attached hydrogen (secondary N) is 3. The van der Waals surface area contributed by atoms with Crippen LogP contribution in [-0.2, 0) is 0 Å². The Morgan fingerprint density at radius 1 is 1.00 bits per heavy atom. The zero-order chi connectivity index (χ0) is 21.7. The quantitative estimate of drug-likeness (QED) is 0.356. The summed E-state index contributed by atoms with van der Waals surface area (Å²) in [6.07, 6.45) is 1.41. The van der Waals surface area contributed by atoms with E-state index in [-0.39, 0.29) is 17.1 Å². The summed E-state index contributed by atoms with van der Waals surface area (Å²) in [5.41, 5.74) is 6.67. The van der Waals surface area contributed by atoms with Crippen LogP contribution in [0, 0.1) is 5.41 Å². The molecule has 1 heterocycles. The molecule has 9 heteroatoms. The van der Waals surface area contributed by atoms with Gasteiger partial charge in [-0.25, -0.2) is 4.98 Å². The Bertz CT molecular complexity index is 1100.